The van der Waals surface area contributed by atoms with Crippen LogP contribution in [0.2, 0.25) is 0 Å². The van der Waals surface area contributed by atoms with Crippen molar-refractivity contribution < 1.29 is 0 Å². The molecule has 0 atom stereocenters. The molecule has 0 spiro atoms. The lowest BCUT2D eigenvalue weighted by Gasteiger charge is -2.10. The Morgan fingerprint density at radius 3 is 2.60 bits per heavy atom. The van der Waals surface area contributed by atoms with Gasteiger partial charge in [0, 0.05) is 10.0 Å². The lowest BCUT2D eigenvalue weighted by molar-refractivity contribution is 0.671. The molecule has 0 bridgehead atoms. The summed E-state index contributed by atoms with van der Waals surface area (Å²) in [5.41, 5.74) is 9.12. The van der Waals surface area contributed by atoms with Gasteiger partial charge in [0.1, 0.15) is 0 Å². The maximum atomic E-state index is 6.12. The van der Waals surface area contributed by atoms with Gasteiger partial charge in [-0.15, -0.1) is 0 Å². The predicted octanol–water partition coefficient (Wildman–Crippen LogP) is 3.36. The lowest BCUT2D eigenvalue weighted by atomic mass is 10.0. The van der Waals surface area contributed by atoms with Crippen molar-refractivity contribution in [1.29, 1.82) is 0 Å². The van der Waals surface area contributed by atoms with E-state index in [9.17, 15) is 0 Å². The Kier molecular flexibility index (Phi) is 2.18. The summed E-state index contributed by atoms with van der Waals surface area (Å²) < 4.78 is 1.28. The van der Waals surface area contributed by atoms with Crippen LogP contribution in [0, 0.1) is 0 Å². The van der Waals surface area contributed by atoms with Crippen molar-refractivity contribution in [1.82, 2.24) is 0 Å². The van der Waals surface area contributed by atoms with E-state index < -0.39 is 0 Å². The quantitative estimate of drug-likeness (QED) is 0.891. The van der Waals surface area contributed by atoms with E-state index >= 15 is 0 Å². The highest BCUT2D eigenvalue weighted by atomic mass is 79.9. The first-order valence-corrected chi connectivity index (χ1v) is 6.53. The molecule has 1 nitrogen and oxygen atoms in total. The van der Waals surface area contributed by atoms with Gasteiger partial charge >= 0.3 is 0 Å². The zero-order chi connectivity index (χ0) is 10.5. The van der Waals surface area contributed by atoms with Gasteiger partial charge in [0.15, 0.2) is 0 Å². The van der Waals surface area contributed by atoms with Crippen LogP contribution in [0.3, 0.4) is 0 Å². The maximum Gasteiger partial charge on any atom is 0.0212 e. The summed E-state index contributed by atoms with van der Waals surface area (Å²) in [6.07, 6.45) is 6.14. The Labute approximate surface area is 99.2 Å². The highest BCUT2D eigenvalue weighted by Gasteiger charge is 2.38. The van der Waals surface area contributed by atoms with Crippen LogP contribution in [0.4, 0.5) is 0 Å². The van der Waals surface area contributed by atoms with Gasteiger partial charge in [-0.2, -0.15) is 0 Å². The minimum absolute atomic E-state index is 0.126. The predicted molar refractivity (Wildman–Crippen MR) is 66.0 cm³/mol. The Bertz CT molecular complexity index is 392. The summed E-state index contributed by atoms with van der Waals surface area (Å²) >= 11 is 3.67. The fourth-order valence-electron chi connectivity index (χ4n) is 2.15. The van der Waals surface area contributed by atoms with Crippen LogP contribution >= 0.6 is 15.9 Å². The molecule has 2 aliphatic carbocycles. The summed E-state index contributed by atoms with van der Waals surface area (Å²) in [6, 6.07) is 6.80. The molecule has 0 aliphatic heterocycles. The van der Waals surface area contributed by atoms with Crippen molar-refractivity contribution in [2.75, 3.05) is 0 Å². The second kappa shape index (κ2) is 3.33. The van der Waals surface area contributed by atoms with Crippen molar-refractivity contribution in [3.63, 3.8) is 0 Å². The van der Waals surface area contributed by atoms with E-state index in [2.05, 4.69) is 34.1 Å². The number of nitrogens with two attached hydrogens (primary N) is 1. The molecule has 2 fully saturated rings. The molecule has 80 valence electrons. The fourth-order valence-corrected chi connectivity index (χ4v) is 2.90. The number of hydrogen-bond acceptors (Lipinski definition) is 1. The number of rotatable bonds is 3. The van der Waals surface area contributed by atoms with Crippen LogP contribution in [-0.2, 0) is 6.42 Å². The van der Waals surface area contributed by atoms with Crippen LogP contribution in [-0.4, -0.2) is 5.54 Å². The number of benzene rings is 1. The smallest absolute Gasteiger partial charge is 0.0212 e. The standard InChI is InChI=1S/C13H16BrN/c14-12-7-9(8-13(15)5-6-13)1-4-11(12)10-2-3-10/h1,4,7,10H,2-3,5-6,8,15H2. The number of halogens is 1. The van der Waals surface area contributed by atoms with E-state index in [1.165, 1.54) is 41.3 Å². The maximum absolute atomic E-state index is 6.12. The molecule has 2 heteroatoms. The van der Waals surface area contributed by atoms with Gasteiger partial charge in [0.2, 0.25) is 0 Å². The summed E-state index contributed by atoms with van der Waals surface area (Å²) in [6.45, 7) is 0. The van der Waals surface area contributed by atoms with Gasteiger partial charge in [-0.05, 0) is 55.2 Å². The largest absolute Gasteiger partial charge is 0.325 e. The van der Waals surface area contributed by atoms with Gasteiger partial charge in [-0.1, -0.05) is 28.1 Å². The second-order valence-electron chi connectivity index (χ2n) is 5.17. The third kappa shape index (κ3) is 2.11. The first-order valence-electron chi connectivity index (χ1n) is 5.74. The fraction of sp³-hybridized carbons (Fsp3) is 0.538. The zero-order valence-electron chi connectivity index (χ0n) is 8.80. The normalized spacial score (nSPS) is 22.8. The average molecular weight is 266 g/mol. The highest BCUT2D eigenvalue weighted by Crippen LogP contribution is 2.44. The first kappa shape index (κ1) is 9.86. The molecule has 3 rings (SSSR count). The second-order valence-corrected chi connectivity index (χ2v) is 6.02. The minimum Gasteiger partial charge on any atom is -0.325 e. The van der Waals surface area contributed by atoms with Crippen molar-refractivity contribution >= 4 is 15.9 Å². The van der Waals surface area contributed by atoms with E-state index in [4.69, 9.17) is 5.73 Å². The van der Waals surface area contributed by atoms with Crippen LogP contribution in [0.25, 0.3) is 0 Å². The number of hydrogen-bond donors (Lipinski definition) is 1. The Balaban J connectivity index is 1.81. The molecule has 0 saturated heterocycles. The van der Waals surface area contributed by atoms with E-state index in [0.29, 0.717) is 0 Å². The average Bonchev–Trinajstić information content (AvgIpc) is 3.03. The molecule has 15 heavy (non-hydrogen) atoms. The molecule has 0 radical (unpaired) electrons. The molecule has 1 aromatic carbocycles. The first-order chi connectivity index (χ1) is 7.16. The minimum atomic E-state index is 0.126. The summed E-state index contributed by atoms with van der Waals surface area (Å²) in [4.78, 5) is 0. The van der Waals surface area contributed by atoms with Gasteiger partial charge in [0.25, 0.3) is 0 Å². The molecule has 0 amide bonds. The molecular formula is C13H16BrN. The SMILES string of the molecule is NC1(Cc2ccc(C3CC3)c(Br)c2)CC1. The Hall–Kier alpha value is -0.340. The summed E-state index contributed by atoms with van der Waals surface area (Å²) in [5.74, 6) is 0.821. The topological polar surface area (TPSA) is 26.0 Å². The summed E-state index contributed by atoms with van der Waals surface area (Å²) in [7, 11) is 0. The van der Waals surface area contributed by atoms with E-state index in [1.54, 1.807) is 0 Å². The highest BCUT2D eigenvalue weighted by molar-refractivity contribution is 9.10. The third-order valence-corrected chi connectivity index (χ3v) is 4.22. The van der Waals surface area contributed by atoms with Crippen molar-refractivity contribution in [2.45, 2.75) is 43.6 Å². The molecule has 0 unspecified atom stereocenters. The molecular weight excluding hydrogens is 250 g/mol. The van der Waals surface area contributed by atoms with Gasteiger partial charge in [-0.25, -0.2) is 0 Å². The molecule has 2 N–H and O–H groups in total. The zero-order valence-corrected chi connectivity index (χ0v) is 10.4. The lowest BCUT2D eigenvalue weighted by Crippen LogP contribution is -2.24. The Morgan fingerprint density at radius 1 is 1.33 bits per heavy atom. The van der Waals surface area contributed by atoms with Gasteiger partial charge < -0.3 is 5.73 Å². The van der Waals surface area contributed by atoms with Crippen molar-refractivity contribution in [3.8, 4) is 0 Å². The Morgan fingerprint density at radius 2 is 2.07 bits per heavy atom. The molecule has 0 aromatic heterocycles. The monoisotopic (exact) mass is 265 g/mol. The van der Waals surface area contributed by atoms with Crippen LogP contribution in [0.15, 0.2) is 22.7 Å². The third-order valence-electron chi connectivity index (χ3n) is 3.53. The van der Waals surface area contributed by atoms with Crippen molar-refractivity contribution in [2.24, 2.45) is 5.73 Å². The van der Waals surface area contributed by atoms with Crippen LogP contribution < -0.4 is 5.73 Å². The van der Waals surface area contributed by atoms with E-state index in [1.807, 2.05) is 0 Å². The molecule has 2 aliphatic rings. The van der Waals surface area contributed by atoms with Crippen LogP contribution in [0.5, 0.6) is 0 Å². The van der Waals surface area contributed by atoms with Crippen LogP contribution in [0.1, 0.15) is 42.7 Å². The molecule has 2 saturated carbocycles. The van der Waals surface area contributed by atoms with E-state index in [0.717, 1.165) is 12.3 Å². The van der Waals surface area contributed by atoms with Crippen molar-refractivity contribution in [3.05, 3.63) is 33.8 Å². The molecule has 1 aromatic rings. The summed E-state index contributed by atoms with van der Waals surface area (Å²) in [5, 5.41) is 0. The van der Waals surface area contributed by atoms with Gasteiger partial charge in [0.05, 0.1) is 0 Å². The molecule has 0 heterocycles. The van der Waals surface area contributed by atoms with E-state index in [-0.39, 0.29) is 5.54 Å². The van der Waals surface area contributed by atoms with Gasteiger partial charge in [-0.3, -0.25) is 0 Å².